The first-order valence-corrected chi connectivity index (χ1v) is 9.79. The lowest BCUT2D eigenvalue weighted by molar-refractivity contribution is -0.738. The van der Waals surface area contributed by atoms with E-state index < -0.39 is 29.5 Å². The highest BCUT2D eigenvalue weighted by atomic mass is 16.3. The number of amides is 3. The molecule has 2 saturated heterocycles. The summed E-state index contributed by atoms with van der Waals surface area (Å²) in [7, 11) is 0. The quantitative estimate of drug-likeness (QED) is 0.638. The molecular formula is C22H22N3O4+. The number of hydrogen-bond acceptors (Lipinski definition) is 4. The molecular weight excluding hydrogens is 370 g/mol. The second-order valence-electron chi connectivity index (χ2n) is 8.11. The summed E-state index contributed by atoms with van der Waals surface area (Å²) in [5.74, 6) is -2.57. The van der Waals surface area contributed by atoms with Gasteiger partial charge in [-0.1, -0.05) is 48.5 Å². The Morgan fingerprint density at radius 1 is 1.07 bits per heavy atom. The number of carbonyl (C=O) groups excluding carboxylic acids is 3. The number of nitrogens with zero attached hydrogens (tertiary/aromatic N) is 1. The Labute approximate surface area is 167 Å². The zero-order chi connectivity index (χ0) is 20.3. The van der Waals surface area contributed by atoms with E-state index in [-0.39, 0.29) is 24.3 Å². The highest BCUT2D eigenvalue weighted by Crippen LogP contribution is 2.49. The van der Waals surface area contributed by atoms with Gasteiger partial charge in [0, 0.05) is 5.56 Å². The van der Waals surface area contributed by atoms with E-state index in [2.05, 4.69) is 5.32 Å². The Hall–Kier alpha value is -3.03. The summed E-state index contributed by atoms with van der Waals surface area (Å²) in [6, 6.07) is 16.0. The molecule has 0 aliphatic carbocycles. The van der Waals surface area contributed by atoms with Crippen LogP contribution in [0.15, 0.2) is 54.6 Å². The largest absolute Gasteiger partial charge is 0.387 e. The van der Waals surface area contributed by atoms with Crippen LogP contribution in [0.5, 0.6) is 0 Å². The van der Waals surface area contributed by atoms with Crippen molar-refractivity contribution in [1.82, 2.24) is 4.90 Å². The predicted molar refractivity (Wildman–Crippen MR) is 103 cm³/mol. The van der Waals surface area contributed by atoms with Crippen LogP contribution in [0.25, 0.3) is 0 Å². The lowest BCUT2D eigenvalue weighted by Gasteiger charge is -2.27. The molecule has 0 saturated carbocycles. The van der Waals surface area contributed by atoms with Crippen LogP contribution in [0.1, 0.15) is 18.1 Å². The van der Waals surface area contributed by atoms with E-state index in [9.17, 15) is 19.5 Å². The van der Waals surface area contributed by atoms with E-state index in [1.165, 1.54) is 4.90 Å². The van der Waals surface area contributed by atoms with Gasteiger partial charge in [-0.2, -0.15) is 0 Å². The normalized spacial score (nSPS) is 31.2. The van der Waals surface area contributed by atoms with Gasteiger partial charge in [0.1, 0.15) is 24.0 Å². The number of carbonyl (C=O) groups is 3. The third-order valence-corrected chi connectivity index (χ3v) is 6.54. The Morgan fingerprint density at radius 3 is 2.48 bits per heavy atom. The standard InChI is InChI=1S/C22H21N3O4/c1-12(26)18-16-17(20(28)25(19(16)27)11-13-7-3-2-4-8-13)22(24-18)14-9-5-6-10-15(14)23-21(22)29/h2-10,12,16-18,24,26H,11H2,1H3,(H,23,29)/p+1/t12-,16+,17-,18-,22+/m1/s1. The number of nitrogens with one attached hydrogen (secondary N) is 1. The number of hydrogen-bond donors (Lipinski definition) is 3. The van der Waals surface area contributed by atoms with Crippen LogP contribution in [0, 0.1) is 11.8 Å². The molecule has 0 radical (unpaired) electrons. The molecule has 7 nitrogen and oxygen atoms in total. The molecule has 4 N–H and O–H groups in total. The van der Waals surface area contributed by atoms with E-state index in [1.54, 1.807) is 18.3 Å². The van der Waals surface area contributed by atoms with Crippen LogP contribution in [0.4, 0.5) is 5.69 Å². The van der Waals surface area contributed by atoms with E-state index in [0.29, 0.717) is 11.3 Å². The molecule has 3 heterocycles. The smallest absolute Gasteiger partial charge is 0.291 e. The van der Waals surface area contributed by atoms with Crippen LogP contribution >= 0.6 is 0 Å². The fourth-order valence-corrected chi connectivity index (χ4v) is 5.26. The number of aliphatic hydroxyl groups excluding tert-OH is 1. The van der Waals surface area contributed by atoms with E-state index in [1.807, 2.05) is 48.5 Å². The third kappa shape index (κ3) is 2.34. The molecule has 3 aliphatic rings. The molecule has 3 aliphatic heterocycles. The summed E-state index contributed by atoms with van der Waals surface area (Å²) in [4.78, 5) is 41.3. The van der Waals surface area contributed by atoms with Crippen LogP contribution in [0.2, 0.25) is 0 Å². The lowest BCUT2D eigenvalue weighted by atomic mass is 9.76. The maximum Gasteiger partial charge on any atom is 0.291 e. The van der Waals surface area contributed by atoms with E-state index in [0.717, 1.165) is 5.56 Å². The molecule has 2 aromatic carbocycles. The first-order chi connectivity index (χ1) is 13.9. The number of anilines is 1. The van der Waals surface area contributed by atoms with Crippen molar-refractivity contribution in [3.8, 4) is 0 Å². The molecule has 0 bridgehead atoms. The number of nitrogens with two attached hydrogens (primary N) is 1. The van der Waals surface area contributed by atoms with Crippen molar-refractivity contribution in [1.29, 1.82) is 0 Å². The summed E-state index contributed by atoms with van der Waals surface area (Å²) in [5.41, 5.74) is 0.963. The molecule has 5 atom stereocenters. The Morgan fingerprint density at radius 2 is 1.76 bits per heavy atom. The topological polar surface area (TPSA) is 103 Å². The van der Waals surface area contributed by atoms with Crippen molar-refractivity contribution >= 4 is 23.4 Å². The minimum atomic E-state index is -1.24. The molecule has 7 heteroatoms. The van der Waals surface area contributed by atoms with Gasteiger partial charge in [0.25, 0.3) is 5.91 Å². The molecule has 1 spiro atoms. The maximum absolute atomic E-state index is 13.5. The van der Waals surface area contributed by atoms with Gasteiger partial charge >= 0.3 is 0 Å². The maximum atomic E-state index is 13.5. The highest BCUT2D eigenvalue weighted by molar-refractivity contribution is 6.13. The second kappa shape index (κ2) is 6.23. The minimum absolute atomic E-state index is 0.164. The number of fused-ring (bicyclic) bond motifs is 4. The zero-order valence-electron chi connectivity index (χ0n) is 15.9. The van der Waals surface area contributed by atoms with Gasteiger partial charge in [-0.15, -0.1) is 0 Å². The summed E-state index contributed by atoms with van der Waals surface area (Å²) < 4.78 is 0. The Balaban J connectivity index is 1.62. The Kier molecular flexibility index (Phi) is 3.88. The number of rotatable bonds is 3. The minimum Gasteiger partial charge on any atom is -0.387 e. The van der Waals surface area contributed by atoms with Gasteiger partial charge in [0.15, 0.2) is 0 Å². The monoisotopic (exact) mass is 392 g/mol. The van der Waals surface area contributed by atoms with Crippen molar-refractivity contribution in [2.24, 2.45) is 11.8 Å². The van der Waals surface area contributed by atoms with Crippen molar-refractivity contribution in [2.75, 3.05) is 5.32 Å². The van der Waals surface area contributed by atoms with Crippen molar-refractivity contribution < 1.29 is 24.8 Å². The number of imide groups is 1. The van der Waals surface area contributed by atoms with E-state index >= 15 is 0 Å². The van der Waals surface area contributed by atoms with Gasteiger partial charge in [-0.05, 0) is 18.6 Å². The third-order valence-electron chi connectivity index (χ3n) is 6.54. The fraction of sp³-hybridized carbons (Fsp3) is 0.318. The molecule has 148 valence electrons. The van der Waals surface area contributed by atoms with Crippen molar-refractivity contribution in [2.45, 2.75) is 31.2 Å². The second-order valence-corrected chi connectivity index (χ2v) is 8.11. The fourth-order valence-electron chi connectivity index (χ4n) is 5.26. The summed E-state index contributed by atoms with van der Waals surface area (Å²) in [6.07, 6.45) is -0.851. The first-order valence-electron chi connectivity index (χ1n) is 9.79. The van der Waals surface area contributed by atoms with Gasteiger partial charge in [-0.3, -0.25) is 19.3 Å². The molecule has 3 amide bonds. The molecule has 2 fully saturated rings. The average Bonchev–Trinajstić information content (AvgIpc) is 3.30. The number of benzene rings is 2. The van der Waals surface area contributed by atoms with Gasteiger partial charge in [-0.25, -0.2) is 0 Å². The number of aliphatic hydroxyl groups is 1. The lowest BCUT2D eigenvalue weighted by Crippen LogP contribution is -3.00. The SMILES string of the molecule is C[C@@H](O)[C@H]1[NH2+][C@]2(C(=O)Nc3ccccc32)[C@H]2C(=O)N(Cc3ccccc3)C(=O)[C@H]12. The van der Waals surface area contributed by atoms with Crippen LogP contribution < -0.4 is 10.6 Å². The van der Waals surface area contributed by atoms with Crippen molar-refractivity contribution in [3.63, 3.8) is 0 Å². The number of para-hydroxylation sites is 1. The van der Waals surface area contributed by atoms with E-state index in [4.69, 9.17) is 0 Å². The van der Waals surface area contributed by atoms with Gasteiger partial charge < -0.3 is 15.7 Å². The predicted octanol–water partition coefficient (Wildman–Crippen LogP) is -0.0382. The summed E-state index contributed by atoms with van der Waals surface area (Å²) in [5, 5.41) is 15.0. The average molecular weight is 392 g/mol. The van der Waals surface area contributed by atoms with Crippen LogP contribution in [-0.4, -0.2) is 39.9 Å². The van der Waals surface area contributed by atoms with Crippen LogP contribution in [-0.2, 0) is 26.5 Å². The number of quaternary nitrogens is 1. The molecule has 2 aromatic rings. The van der Waals surface area contributed by atoms with Crippen molar-refractivity contribution in [3.05, 3.63) is 65.7 Å². The first kappa shape index (κ1) is 18.0. The number of likely N-dealkylation sites (tertiary alicyclic amines) is 1. The van der Waals surface area contributed by atoms with Gasteiger partial charge in [0.05, 0.1) is 12.2 Å². The summed E-state index contributed by atoms with van der Waals surface area (Å²) >= 11 is 0. The molecule has 29 heavy (non-hydrogen) atoms. The molecule has 0 aromatic heterocycles. The zero-order valence-corrected chi connectivity index (χ0v) is 15.9. The van der Waals surface area contributed by atoms with Crippen LogP contribution in [0.3, 0.4) is 0 Å². The highest BCUT2D eigenvalue weighted by Gasteiger charge is 2.74. The Bertz CT molecular complexity index is 1020. The molecule has 5 rings (SSSR count). The summed E-state index contributed by atoms with van der Waals surface area (Å²) in [6.45, 7) is 1.77. The van der Waals surface area contributed by atoms with Gasteiger partial charge in [0.2, 0.25) is 17.4 Å². The molecule has 0 unspecified atom stereocenters.